The lowest BCUT2D eigenvalue weighted by molar-refractivity contribution is 0.194. The van der Waals surface area contributed by atoms with Crippen LogP contribution in [0.2, 0.25) is 5.28 Å². The molecule has 0 unspecified atom stereocenters. The summed E-state index contributed by atoms with van der Waals surface area (Å²) in [5.74, 6) is 0.886. The number of likely N-dealkylation sites (N-methyl/N-ethyl adjacent to an activating group) is 1. The second kappa shape index (κ2) is 6.50. The molecule has 0 atom stereocenters. The predicted octanol–water partition coefficient (Wildman–Crippen LogP) is 1.82. The van der Waals surface area contributed by atoms with Gasteiger partial charge >= 0.3 is 6.09 Å². The van der Waals surface area contributed by atoms with E-state index in [-0.39, 0.29) is 10.8 Å². The van der Waals surface area contributed by atoms with E-state index >= 15 is 0 Å². The average molecular weight is 374 g/mol. The van der Waals surface area contributed by atoms with Gasteiger partial charge < -0.3 is 14.9 Å². The number of aromatic nitrogens is 5. The van der Waals surface area contributed by atoms with Crippen LogP contribution >= 0.6 is 11.6 Å². The van der Waals surface area contributed by atoms with Crippen molar-refractivity contribution < 1.29 is 9.90 Å². The summed E-state index contributed by atoms with van der Waals surface area (Å²) < 4.78 is 0.843. The van der Waals surface area contributed by atoms with Gasteiger partial charge in [0.15, 0.2) is 0 Å². The largest absolute Gasteiger partial charge is 0.463 e. The van der Waals surface area contributed by atoms with Crippen LogP contribution in [0.3, 0.4) is 0 Å². The number of fused-ring (bicyclic) bond motifs is 1. The van der Waals surface area contributed by atoms with Gasteiger partial charge in [-0.2, -0.15) is 9.78 Å². The Morgan fingerprint density at radius 1 is 1.15 bits per heavy atom. The number of piperazine rings is 1. The third kappa shape index (κ3) is 2.95. The first-order valence-electron chi connectivity index (χ1n) is 8.07. The molecule has 3 aromatic heterocycles. The Kier molecular flexibility index (Phi) is 4.17. The van der Waals surface area contributed by atoms with Gasteiger partial charge in [0, 0.05) is 37.9 Å². The SMILES string of the molecule is CN1CCN(c2ccc(-c3nn(C(=O)O)c4cnc(Cl)nc34)cn2)CC1. The van der Waals surface area contributed by atoms with Crippen LogP contribution in [0.15, 0.2) is 24.5 Å². The number of rotatable bonds is 2. The molecule has 1 aliphatic heterocycles. The van der Waals surface area contributed by atoms with Crippen LogP contribution in [-0.4, -0.2) is 74.1 Å². The van der Waals surface area contributed by atoms with E-state index in [2.05, 4.69) is 36.9 Å². The molecule has 0 bridgehead atoms. The molecule has 0 amide bonds. The van der Waals surface area contributed by atoms with Crippen molar-refractivity contribution in [2.75, 3.05) is 38.1 Å². The molecule has 10 heteroatoms. The van der Waals surface area contributed by atoms with Crippen LogP contribution in [0, 0.1) is 0 Å². The number of halogens is 1. The molecule has 134 valence electrons. The van der Waals surface area contributed by atoms with Crippen molar-refractivity contribution in [1.82, 2.24) is 29.6 Å². The Balaban J connectivity index is 1.71. The molecule has 0 radical (unpaired) electrons. The van der Waals surface area contributed by atoms with Crippen molar-refractivity contribution in [2.45, 2.75) is 0 Å². The summed E-state index contributed by atoms with van der Waals surface area (Å²) in [4.78, 5) is 28.4. The first-order chi connectivity index (χ1) is 12.5. The number of nitrogens with zero attached hydrogens (tertiary/aromatic N) is 7. The molecule has 0 spiro atoms. The number of carboxylic acid groups (broad SMARTS) is 1. The molecule has 4 rings (SSSR count). The normalized spacial score (nSPS) is 15.5. The zero-order valence-electron chi connectivity index (χ0n) is 14.0. The molecule has 0 aliphatic carbocycles. The zero-order chi connectivity index (χ0) is 18.3. The van der Waals surface area contributed by atoms with Crippen LogP contribution in [-0.2, 0) is 0 Å². The molecule has 4 heterocycles. The maximum absolute atomic E-state index is 11.4. The van der Waals surface area contributed by atoms with Crippen LogP contribution in [0.5, 0.6) is 0 Å². The van der Waals surface area contributed by atoms with E-state index in [1.807, 2.05) is 12.1 Å². The highest BCUT2D eigenvalue weighted by Crippen LogP contribution is 2.27. The fourth-order valence-electron chi connectivity index (χ4n) is 2.97. The van der Waals surface area contributed by atoms with E-state index < -0.39 is 6.09 Å². The number of pyridine rings is 1. The van der Waals surface area contributed by atoms with E-state index in [9.17, 15) is 9.90 Å². The van der Waals surface area contributed by atoms with Crippen molar-refractivity contribution in [3.8, 4) is 11.3 Å². The minimum absolute atomic E-state index is 0.0331. The highest BCUT2D eigenvalue weighted by molar-refractivity contribution is 6.28. The molecule has 26 heavy (non-hydrogen) atoms. The van der Waals surface area contributed by atoms with Gasteiger partial charge in [0.25, 0.3) is 0 Å². The summed E-state index contributed by atoms with van der Waals surface area (Å²) >= 11 is 5.87. The topological polar surface area (TPSA) is 100 Å². The quantitative estimate of drug-likeness (QED) is 0.679. The second-order valence-corrected chi connectivity index (χ2v) is 6.45. The molecule has 1 saturated heterocycles. The van der Waals surface area contributed by atoms with Crippen molar-refractivity contribution in [1.29, 1.82) is 0 Å². The third-order valence-electron chi connectivity index (χ3n) is 4.42. The molecular weight excluding hydrogens is 358 g/mol. The minimum Gasteiger partial charge on any atom is -0.463 e. The Labute approximate surface area is 153 Å². The van der Waals surface area contributed by atoms with Crippen LogP contribution in [0.4, 0.5) is 10.6 Å². The van der Waals surface area contributed by atoms with Crippen LogP contribution in [0.25, 0.3) is 22.3 Å². The van der Waals surface area contributed by atoms with Crippen molar-refractivity contribution in [3.05, 3.63) is 29.8 Å². The molecule has 1 aliphatic rings. The summed E-state index contributed by atoms with van der Waals surface area (Å²) in [6, 6.07) is 3.78. The summed E-state index contributed by atoms with van der Waals surface area (Å²) in [6.07, 6.45) is 1.81. The minimum atomic E-state index is -1.21. The van der Waals surface area contributed by atoms with E-state index in [4.69, 9.17) is 11.6 Å². The molecule has 0 saturated carbocycles. The highest BCUT2D eigenvalue weighted by atomic mass is 35.5. The van der Waals surface area contributed by atoms with Gasteiger partial charge in [0.1, 0.15) is 22.5 Å². The Morgan fingerprint density at radius 3 is 2.58 bits per heavy atom. The fourth-order valence-corrected chi connectivity index (χ4v) is 3.11. The van der Waals surface area contributed by atoms with Gasteiger partial charge in [-0.15, -0.1) is 0 Å². The van der Waals surface area contributed by atoms with Gasteiger partial charge in [0.05, 0.1) is 6.20 Å². The molecule has 0 aromatic carbocycles. The maximum atomic E-state index is 11.4. The lowest BCUT2D eigenvalue weighted by atomic mass is 10.2. The number of carbonyl (C=O) groups is 1. The third-order valence-corrected chi connectivity index (χ3v) is 4.60. The first kappa shape index (κ1) is 16.7. The van der Waals surface area contributed by atoms with Crippen molar-refractivity contribution >= 4 is 34.5 Å². The fraction of sp³-hybridized carbons (Fsp3) is 0.312. The Morgan fingerprint density at radius 2 is 1.92 bits per heavy atom. The lowest BCUT2D eigenvalue weighted by Crippen LogP contribution is -2.44. The molecule has 9 nitrogen and oxygen atoms in total. The van der Waals surface area contributed by atoms with Gasteiger partial charge in [-0.25, -0.2) is 19.7 Å². The standard InChI is InChI=1S/C16H16ClN7O2/c1-22-4-6-23(7-5-22)12-3-2-10(8-18-12)13-14-11(9-19-15(17)20-14)24(21-13)16(25)26/h2-3,8-9H,4-7H2,1H3,(H,25,26). The first-order valence-corrected chi connectivity index (χ1v) is 8.45. The highest BCUT2D eigenvalue weighted by Gasteiger charge is 2.20. The second-order valence-electron chi connectivity index (χ2n) is 6.11. The molecule has 1 fully saturated rings. The summed E-state index contributed by atoms with van der Waals surface area (Å²) in [6.45, 7) is 3.82. The summed E-state index contributed by atoms with van der Waals surface area (Å²) in [7, 11) is 2.10. The molecular formula is C16H16ClN7O2. The average Bonchev–Trinajstić information content (AvgIpc) is 3.01. The number of hydrogen-bond acceptors (Lipinski definition) is 7. The number of anilines is 1. The summed E-state index contributed by atoms with van der Waals surface area (Å²) in [5.41, 5.74) is 1.73. The maximum Gasteiger partial charge on any atom is 0.432 e. The van der Waals surface area contributed by atoms with E-state index in [0.29, 0.717) is 16.8 Å². The van der Waals surface area contributed by atoms with E-state index in [1.54, 1.807) is 6.20 Å². The monoisotopic (exact) mass is 373 g/mol. The Hall–Kier alpha value is -2.78. The lowest BCUT2D eigenvalue weighted by Gasteiger charge is -2.33. The molecule has 3 aromatic rings. The predicted molar refractivity (Wildman–Crippen MR) is 96.7 cm³/mol. The van der Waals surface area contributed by atoms with E-state index in [1.165, 1.54) is 6.20 Å². The van der Waals surface area contributed by atoms with E-state index in [0.717, 1.165) is 36.7 Å². The van der Waals surface area contributed by atoms with Crippen molar-refractivity contribution in [3.63, 3.8) is 0 Å². The molecule has 1 N–H and O–H groups in total. The smallest absolute Gasteiger partial charge is 0.432 e. The Bertz CT molecular complexity index is 965. The zero-order valence-corrected chi connectivity index (χ0v) is 14.8. The van der Waals surface area contributed by atoms with Gasteiger partial charge in [0.2, 0.25) is 5.28 Å². The number of hydrogen-bond donors (Lipinski definition) is 1. The summed E-state index contributed by atoms with van der Waals surface area (Å²) in [5, 5.41) is 13.5. The van der Waals surface area contributed by atoms with Crippen LogP contribution < -0.4 is 4.90 Å². The van der Waals surface area contributed by atoms with Gasteiger partial charge in [-0.3, -0.25) is 0 Å². The van der Waals surface area contributed by atoms with Gasteiger partial charge in [-0.05, 0) is 30.8 Å². The van der Waals surface area contributed by atoms with Gasteiger partial charge in [-0.1, -0.05) is 0 Å². The van der Waals surface area contributed by atoms with Crippen LogP contribution in [0.1, 0.15) is 0 Å². The van der Waals surface area contributed by atoms with Crippen molar-refractivity contribution in [2.24, 2.45) is 0 Å².